The number of methoxy groups -OCH3 is 1. The zero-order valence-corrected chi connectivity index (χ0v) is 15.2. The normalized spacial score (nSPS) is 12.1. The van der Waals surface area contributed by atoms with Crippen LogP contribution in [0.4, 0.5) is 13.2 Å². The van der Waals surface area contributed by atoms with E-state index in [-0.39, 0.29) is 23.0 Å². The molecule has 1 aromatic heterocycles. The molecular formula is C18H19F3N2O4. The Morgan fingerprint density at radius 2 is 1.78 bits per heavy atom. The van der Waals surface area contributed by atoms with Crippen LogP contribution in [0.25, 0.3) is 10.9 Å². The lowest BCUT2D eigenvalue weighted by Gasteiger charge is -2.20. The minimum Gasteiger partial charge on any atom is -0.465 e. The molecule has 0 atom stereocenters. The highest BCUT2D eigenvalue weighted by Gasteiger charge is 2.41. The number of carbonyl (C=O) groups is 3. The lowest BCUT2D eigenvalue weighted by atomic mass is 10.1. The third-order valence-electron chi connectivity index (χ3n) is 3.63. The summed E-state index contributed by atoms with van der Waals surface area (Å²) in [4.78, 5) is 35.7. The van der Waals surface area contributed by atoms with Crippen LogP contribution in [0, 0.1) is 0 Å². The monoisotopic (exact) mass is 384 g/mol. The van der Waals surface area contributed by atoms with Gasteiger partial charge in [-0.15, -0.1) is 0 Å². The summed E-state index contributed by atoms with van der Waals surface area (Å²) in [6.45, 7) is 4.95. The average molecular weight is 384 g/mol. The molecule has 9 heteroatoms. The SMILES string of the molecule is COC(=O)c1ccc2c(C(=O)C(F)(F)F)cn(CC(=O)NC(C)(C)C)c2c1. The van der Waals surface area contributed by atoms with Gasteiger partial charge in [0.25, 0.3) is 5.78 Å². The van der Waals surface area contributed by atoms with E-state index >= 15 is 0 Å². The van der Waals surface area contributed by atoms with Crippen LogP contribution in [-0.4, -0.2) is 41.1 Å². The number of ketones is 1. The molecule has 0 fully saturated rings. The van der Waals surface area contributed by atoms with Crippen LogP contribution < -0.4 is 5.32 Å². The molecule has 146 valence electrons. The van der Waals surface area contributed by atoms with E-state index in [4.69, 9.17) is 0 Å². The fourth-order valence-corrected chi connectivity index (χ4v) is 2.61. The van der Waals surface area contributed by atoms with Gasteiger partial charge in [0.1, 0.15) is 6.54 Å². The van der Waals surface area contributed by atoms with E-state index in [0.717, 1.165) is 6.20 Å². The predicted molar refractivity (Wildman–Crippen MR) is 91.6 cm³/mol. The molecule has 0 saturated carbocycles. The van der Waals surface area contributed by atoms with Crippen molar-refractivity contribution in [3.63, 3.8) is 0 Å². The molecule has 6 nitrogen and oxygen atoms in total. The Kier molecular flexibility index (Phi) is 5.35. The van der Waals surface area contributed by atoms with Crippen molar-refractivity contribution in [2.45, 2.75) is 39.0 Å². The molecule has 1 aromatic carbocycles. The second kappa shape index (κ2) is 7.05. The first-order valence-corrected chi connectivity index (χ1v) is 7.97. The van der Waals surface area contributed by atoms with Crippen LogP contribution >= 0.6 is 0 Å². The number of esters is 1. The first kappa shape index (κ1) is 20.5. The highest BCUT2D eigenvalue weighted by molar-refractivity contribution is 6.11. The fourth-order valence-electron chi connectivity index (χ4n) is 2.61. The van der Waals surface area contributed by atoms with Gasteiger partial charge in [-0.25, -0.2) is 4.79 Å². The standard InChI is InChI=1S/C18H19F3N2O4/c1-17(2,3)22-14(24)9-23-8-12(15(25)18(19,20)21)11-6-5-10(7-13(11)23)16(26)27-4/h5-8H,9H2,1-4H3,(H,22,24). The summed E-state index contributed by atoms with van der Waals surface area (Å²) in [6.07, 6.45) is -4.09. The number of halogens is 3. The number of fused-ring (bicyclic) bond motifs is 1. The van der Waals surface area contributed by atoms with Crippen LogP contribution in [0.15, 0.2) is 24.4 Å². The maximum Gasteiger partial charge on any atom is 0.454 e. The summed E-state index contributed by atoms with van der Waals surface area (Å²) in [5.74, 6) is -3.16. The van der Waals surface area contributed by atoms with Crippen molar-refractivity contribution in [2.24, 2.45) is 0 Å². The van der Waals surface area contributed by atoms with Crippen LogP contribution in [0.2, 0.25) is 0 Å². The molecule has 2 rings (SSSR count). The molecular weight excluding hydrogens is 365 g/mol. The molecule has 1 amide bonds. The van der Waals surface area contributed by atoms with Crippen molar-refractivity contribution in [3.05, 3.63) is 35.5 Å². The largest absolute Gasteiger partial charge is 0.465 e. The number of nitrogens with zero attached hydrogens (tertiary/aromatic N) is 1. The number of alkyl halides is 3. The number of hydrogen-bond acceptors (Lipinski definition) is 4. The number of aromatic nitrogens is 1. The minimum atomic E-state index is -5.06. The zero-order valence-electron chi connectivity index (χ0n) is 15.2. The molecule has 0 aliphatic rings. The fraction of sp³-hybridized carbons (Fsp3) is 0.389. The Bertz CT molecular complexity index is 908. The van der Waals surface area contributed by atoms with Gasteiger partial charge in [0.05, 0.1) is 23.8 Å². The Morgan fingerprint density at radius 1 is 1.15 bits per heavy atom. The van der Waals surface area contributed by atoms with E-state index in [2.05, 4.69) is 10.1 Å². The van der Waals surface area contributed by atoms with E-state index in [0.29, 0.717) is 0 Å². The number of hydrogen-bond donors (Lipinski definition) is 1. The van der Waals surface area contributed by atoms with Crippen molar-refractivity contribution in [1.82, 2.24) is 9.88 Å². The topological polar surface area (TPSA) is 77.4 Å². The molecule has 0 saturated heterocycles. The Labute approximate surface area is 153 Å². The third kappa shape index (κ3) is 4.66. The van der Waals surface area contributed by atoms with E-state index in [1.165, 1.54) is 29.9 Å². The Hall–Kier alpha value is -2.84. The van der Waals surface area contributed by atoms with Gasteiger partial charge in [-0.1, -0.05) is 6.07 Å². The summed E-state index contributed by atoms with van der Waals surface area (Å²) >= 11 is 0. The van der Waals surface area contributed by atoms with Gasteiger partial charge >= 0.3 is 12.1 Å². The van der Waals surface area contributed by atoms with Gasteiger partial charge < -0.3 is 14.6 Å². The second-order valence-electron chi connectivity index (χ2n) is 7.02. The highest BCUT2D eigenvalue weighted by Crippen LogP contribution is 2.29. The summed E-state index contributed by atoms with van der Waals surface area (Å²) in [7, 11) is 1.17. The van der Waals surface area contributed by atoms with Crippen molar-refractivity contribution < 1.29 is 32.3 Å². The summed E-state index contributed by atoms with van der Waals surface area (Å²) in [5, 5.41) is 2.69. The van der Waals surface area contributed by atoms with Gasteiger partial charge in [0.2, 0.25) is 5.91 Å². The lowest BCUT2D eigenvalue weighted by molar-refractivity contribution is -0.123. The van der Waals surface area contributed by atoms with E-state index < -0.39 is 34.9 Å². The van der Waals surface area contributed by atoms with Crippen LogP contribution in [0.5, 0.6) is 0 Å². The van der Waals surface area contributed by atoms with Crippen molar-refractivity contribution >= 4 is 28.6 Å². The summed E-state index contributed by atoms with van der Waals surface area (Å²) in [6, 6.07) is 3.79. The number of nitrogens with one attached hydrogen (secondary N) is 1. The molecule has 0 bridgehead atoms. The highest BCUT2D eigenvalue weighted by atomic mass is 19.4. The molecule has 2 aromatic rings. The quantitative estimate of drug-likeness (QED) is 0.649. The number of carbonyl (C=O) groups excluding carboxylic acids is 3. The molecule has 0 radical (unpaired) electrons. The third-order valence-corrected chi connectivity index (χ3v) is 3.63. The van der Waals surface area contributed by atoms with Gasteiger partial charge in [0, 0.05) is 17.1 Å². The summed E-state index contributed by atoms with van der Waals surface area (Å²) < 4.78 is 44.5. The lowest BCUT2D eigenvalue weighted by Crippen LogP contribution is -2.42. The van der Waals surface area contributed by atoms with Crippen LogP contribution in [-0.2, 0) is 16.1 Å². The second-order valence-corrected chi connectivity index (χ2v) is 7.02. The van der Waals surface area contributed by atoms with Crippen LogP contribution in [0.3, 0.4) is 0 Å². The molecule has 27 heavy (non-hydrogen) atoms. The Morgan fingerprint density at radius 3 is 2.30 bits per heavy atom. The van der Waals surface area contributed by atoms with Gasteiger partial charge in [0.15, 0.2) is 0 Å². The zero-order chi connectivity index (χ0) is 20.6. The number of benzene rings is 1. The Balaban J connectivity index is 2.58. The predicted octanol–water partition coefficient (Wildman–Crippen LogP) is 3.09. The van der Waals surface area contributed by atoms with E-state index in [9.17, 15) is 27.6 Å². The summed E-state index contributed by atoms with van der Waals surface area (Å²) in [5.41, 5.74) is -0.888. The van der Waals surface area contributed by atoms with E-state index in [1.807, 2.05) is 0 Å². The molecule has 1 N–H and O–H groups in total. The number of rotatable bonds is 4. The molecule has 0 aliphatic carbocycles. The maximum atomic E-state index is 12.9. The first-order chi connectivity index (χ1) is 12.3. The van der Waals surface area contributed by atoms with Crippen LogP contribution in [0.1, 0.15) is 41.5 Å². The van der Waals surface area contributed by atoms with Gasteiger partial charge in [-0.2, -0.15) is 13.2 Å². The first-order valence-electron chi connectivity index (χ1n) is 7.97. The molecule has 0 aliphatic heterocycles. The number of ether oxygens (including phenoxy) is 1. The molecule has 1 heterocycles. The van der Waals surface area contributed by atoms with E-state index in [1.54, 1.807) is 20.8 Å². The van der Waals surface area contributed by atoms with Gasteiger partial charge in [-0.05, 0) is 32.9 Å². The maximum absolute atomic E-state index is 12.9. The number of Topliss-reactive ketones (excluding diaryl/α,β-unsaturated/α-hetero) is 1. The van der Waals surface area contributed by atoms with Crippen molar-refractivity contribution in [3.8, 4) is 0 Å². The van der Waals surface area contributed by atoms with Gasteiger partial charge in [-0.3, -0.25) is 9.59 Å². The molecule has 0 unspecified atom stereocenters. The minimum absolute atomic E-state index is 0.00598. The van der Waals surface area contributed by atoms with Crippen molar-refractivity contribution in [1.29, 1.82) is 0 Å². The smallest absolute Gasteiger partial charge is 0.454 e. The molecule has 0 spiro atoms. The average Bonchev–Trinajstić information content (AvgIpc) is 2.88. The van der Waals surface area contributed by atoms with Crippen molar-refractivity contribution in [2.75, 3.05) is 7.11 Å². The number of amides is 1.